The Labute approximate surface area is 118 Å². The summed E-state index contributed by atoms with van der Waals surface area (Å²) in [4.78, 5) is 4.43. The average molecular weight is 273 g/mol. The molecule has 20 heavy (non-hydrogen) atoms. The van der Waals surface area contributed by atoms with Crippen LogP contribution in [-0.2, 0) is 6.54 Å². The molecular formula is C14H19N5O. The van der Waals surface area contributed by atoms with Gasteiger partial charge in [0.15, 0.2) is 5.82 Å². The van der Waals surface area contributed by atoms with E-state index in [-0.39, 0.29) is 0 Å². The minimum atomic E-state index is 0.512. The van der Waals surface area contributed by atoms with Crippen LogP contribution in [0.5, 0.6) is 0 Å². The first kappa shape index (κ1) is 12.9. The number of nitrogens with zero attached hydrogens (tertiary/aromatic N) is 3. The zero-order valence-electron chi connectivity index (χ0n) is 11.4. The summed E-state index contributed by atoms with van der Waals surface area (Å²) in [5.41, 5.74) is 0. The van der Waals surface area contributed by atoms with Crippen molar-refractivity contribution in [3.8, 4) is 0 Å². The van der Waals surface area contributed by atoms with Crippen LogP contribution in [0.25, 0.3) is 0 Å². The van der Waals surface area contributed by atoms with Crippen molar-refractivity contribution in [1.29, 1.82) is 0 Å². The van der Waals surface area contributed by atoms with Crippen LogP contribution in [0.3, 0.4) is 0 Å². The lowest BCUT2D eigenvalue weighted by atomic mass is 9.96. The highest BCUT2D eigenvalue weighted by atomic mass is 16.3. The van der Waals surface area contributed by atoms with E-state index in [1.165, 1.54) is 32.1 Å². The van der Waals surface area contributed by atoms with E-state index in [1.54, 1.807) is 12.5 Å². The molecule has 0 saturated heterocycles. The first-order chi connectivity index (χ1) is 9.90. The maximum absolute atomic E-state index is 5.25. The van der Waals surface area contributed by atoms with Gasteiger partial charge in [-0.25, -0.2) is 0 Å². The summed E-state index contributed by atoms with van der Waals surface area (Å²) >= 11 is 0. The second-order valence-corrected chi connectivity index (χ2v) is 5.08. The summed E-state index contributed by atoms with van der Waals surface area (Å²) in [5, 5.41) is 14.5. The zero-order chi connectivity index (χ0) is 13.6. The lowest BCUT2D eigenvalue weighted by Crippen LogP contribution is -2.23. The number of aromatic nitrogens is 3. The fourth-order valence-electron chi connectivity index (χ4n) is 2.48. The monoisotopic (exact) mass is 273 g/mol. The molecule has 2 heterocycles. The van der Waals surface area contributed by atoms with Crippen LogP contribution >= 0.6 is 0 Å². The molecule has 1 aliphatic rings. The van der Waals surface area contributed by atoms with Crippen molar-refractivity contribution in [3.63, 3.8) is 0 Å². The highest BCUT2D eigenvalue weighted by Gasteiger charge is 2.13. The molecule has 6 heteroatoms. The molecule has 2 aromatic heterocycles. The quantitative estimate of drug-likeness (QED) is 0.872. The first-order valence-corrected chi connectivity index (χ1v) is 7.13. The highest BCUT2D eigenvalue weighted by molar-refractivity contribution is 5.38. The van der Waals surface area contributed by atoms with E-state index in [0.717, 1.165) is 11.6 Å². The van der Waals surface area contributed by atoms with Crippen LogP contribution in [0.1, 0.15) is 37.9 Å². The van der Waals surface area contributed by atoms with Gasteiger partial charge in [-0.15, -0.1) is 5.10 Å². The van der Waals surface area contributed by atoms with Gasteiger partial charge < -0.3 is 15.1 Å². The largest absolute Gasteiger partial charge is 0.467 e. The van der Waals surface area contributed by atoms with Crippen LogP contribution in [-0.4, -0.2) is 21.2 Å². The van der Waals surface area contributed by atoms with Gasteiger partial charge in [0.25, 0.3) is 0 Å². The van der Waals surface area contributed by atoms with Gasteiger partial charge in [0.1, 0.15) is 5.76 Å². The number of hydrogen-bond acceptors (Lipinski definition) is 6. The summed E-state index contributed by atoms with van der Waals surface area (Å²) in [6, 6.07) is 4.28. The second kappa shape index (κ2) is 6.36. The van der Waals surface area contributed by atoms with Gasteiger partial charge in [0, 0.05) is 6.04 Å². The summed E-state index contributed by atoms with van der Waals surface area (Å²) in [7, 11) is 0. The minimum absolute atomic E-state index is 0.512. The van der Waals surface area contributed by atoms with Gasteiger partial charge in [-0.1, -0.05) is 19.3 Å². The molecule has 2 N–H and O–H groups in total. The van der Waals surface area contributed by atoms with Crippen molar-refractivity contribution in [2.24, 2.45) is 0 Å². The molecule has 0 spiro atoms. The number of hydrogen-bond donors (Lipinski definition) is 2. The fourth-order valence-corrected chi connectivity index (χ4v) is 2.48. The minimum Gasteiger partial charge on any atom is -0.467 e. The Kier molecular flexibility index (Phi) is 4.10. The van der Waals surface area contributed by atoms with Crippen molar-refractivity contribution >= 4 is 11.8 Å². The molecule has 0 atom stereocenters. The molecule has 1 fully saturated rings. The molecule has 0 bridgehead atoms. The number of anilines is 2. The van der Waals surface area contributed by atoms with Crippen LogP contribution in [0.15, 0.2) is 29.0 Å². The van der Waals surface area contributed by atoms with Crippen molar-refractivity contribution in [2.45, 2.75) is 44.7 Å². The summed E-state index contributed by atoms with van der Waals surface area (Å²) in [5.74, 6) is 2.15. The smallest absolute Gasteiger partial charge is 0.245 e. The van der Waals surface area contributed by atoms with Gasteiger partial charge in [0.05, 0.1) is 19.0 Å². The van der Waals surface area contributed by atoms with Gasteiger partial charge >= 0.3 is 0 Å². The molecule has 3 rings (SSSR count). The molecule has 6 nitrogen and oxygen atoms in total. The van der Waals surface area contributed by atoms with Crippen molar-refractivity contribution in [3.05, 3.63) is 30.4 Å². The number of rotatable bonds is 5. The fraction of sp³-hybridized carbons (Fsp3) is 0.500. The Morgan fingerprint density at radius 2 is 2.15 bits per heavy atom. The normalized spacial score (nSPS) is 16.0. The van der Waals surface area contributed by atoms with Gasteiger partial charge in [0.2, 0.25) is 5.95 Å². The van der Waals surface area contributed by atoms with Crippen molar-refractivity contribution < 1.29 is 4.42 Å². The zero-order valence-corrected chi connectivity index (χ0v) is 11.4. The van der Waals surface area contributed by atoms with Crippen LogP contribution < -0.4 is 10.6 Å². The van der Waals surface area contributed by atoms with E-state index in [1.807, 2.05) is 12.1 Å². The van der Waals surface area contributed by atoms with E-state index in [9.17, 15) is 0 Å². The molecule has 1 saturated carbocycles. The summed E-state index contributed by atoms with van der Waals surface area (Å²) in [6.07, 6.45) is 9.66. The first-order valence-electron chi connectivity index (χ1n) is 7.13. The number of nitrogens with one attached hydrogen (secondary N) is 2. The molecule has 0 unspecified atom stereocenters. The van der Waals surface area contributed by atoms with Crippen LogP contribution in [0, 0.1) is 0 Å². The van der Waals surface area contributed by atoms with Gasteiger partial charge in [-0.2, -0.15) is 10.1 Å². The standard InChI is InChI=1S/C14H19N5O/c1-2-5-11(6-3-1)17-13-10-16-19-14(18-13)15-9-12-7-4-8-20-12/h4,7-8,10-11H,1-3,5-6,9H2,(H2,15,17,18,19). The van der Waals surface area contributed by atoms with E-state index < -0.39 is 0 Å². The van der Waals surface area contributed by atoms with E-state index in [0.29, 0.717) is 18.5 Å². The van der Waals surface area contributed by atoms with E-state index in [2.05, 4.69) is 25.8 Å². The Balaban J connectivity index is 1.57. The molecule has 2 aromatic rings. The van der Waals surface area contributed by atoms with Gasteiger partial charge in [-0.05, 0) is 25.0 Å². The lowest BCUT2D eigenvalue weighted by molar-refractivity contribution is 0.461. The highest BCUT2D eigenvalue weighted by Crippen LogP contribution is 2.20. The second-order valence-electron chi connectivity index (χ2n) is 5.08. The molecule has 1 aliphatic carbocycles. The molecular weight excluding hydrogens is 254 g/mol. The third kappa shape index (κ3) is 3.46. The average Bonchev–Trinajstić information content (AvgIpc) is 3.00. The third-order valence-electron chi connectivity index (χ3n) is 3.52. The summed E-state index contributed by atoms with van der Waals surface area (Å²) < 4.78 is 5.25. The third-order valence-corrected chi connectivity index (χ3v) is 3.52. The molecule has 0 amide bonds. The Morgan fingerprint density at radius 1 is 1.25 bits per heavy atom. The molecule has 0 aliphatic heterocycles. The van der Waals surface area contributed by atoms with E-state index in [4.69, 9.17) is 4.42 Å². The van der Waals surface area contributed by atoms with Crippen LogP contribution in [0.2, 0.25) is 0 Å². The Hall–Kier alpha value is -2.11. The lowest BCUT2D eigenvalue weighted by Gasteiger charge is -2.23. The van der Waals surface area contributed by atoms with Crippen molar-refractivity contribution in [1.82, 2.24) is 15.2 Å². The number of furan rings is 1. The topological polar surface area (TPSA) is 75.9 Å². The predicted molar refractivity (Wildman–Crippen MR) is 76.4 cm³/mol. The predicted octanol–water partition coefficient (Wildman–Crippen LogP) is 2.82. The molecule has 106 valence electrons. The maximum atomic E-state index is 5.25. The Morgan fingerprint density at radius 3 is 2.95 bits per heavy atom. The molecule has 0 radical (unpaired) electrons. The van der Waals surface area contributed by atoms with E-state index >= 15 is 0 Å². The molecule has 0 aromatic carbocycles. The van der Waals surface area contributed by atoms with Crippen molar-refractivity contribution in [2.75, 3.05) is 10.6 Å². The Bertz CT molecular complexity index is 522. The summed E-state index contributed by atoms with van der Waals surface area (Å²) in [6.45, 7) is 0.557. The van der Waals surface area contributed by atoms with Gasteiger partial charge in [-0.3, -0.25) is 0 Å². The van der Waals surface area contributed by atoms with Crippen LogP contribution in [0.4, 0.5) is 11.8 Å². The maximum Gasteiger partial charge on any atom is 0.245 e. The SMILES string of the molecule is c1coc(CNc2nncc(NC3CCCCC3)n2)c1.